The molecule has 1 saturated heterocycles. The van der Waals surface area contributed by atoms with Crippen LogP contribution in [0.1, 0.15) is 15.9 Å². The largest absolute Gasteiger partial charge is 0.315 e. The maximum atomic E-state index is 12.9. The van der Waals surface area contributed by atoms with Crippen LogP contribution >= 0.6 is 0 Å². The molecule has 1 heterocycles. The fourth-order valence-corrected chi connectivity index (χ4v) is 1.51. The number of halogens is 1. The van der Waals surface area contributed by atoms with E-state index >= 15 is 0 Å². The van der Waals surface area contributed by atoms with E-state index in [0.29, 0.717) is 11.1 Å². The van der Waals surface area contributed by atoms with Gasteiger partial charge in [-0.15, -0.1) is 0 Å². The molecule has 2 rings (SSSR count). The molecule has 1 aliphatic heterocycles. The van der Waals surface area contributed by atoms with Crippen molar-refractivity contribution in [2.24, 2.45) is 5.92 Å². The number of hydrogen-bond donors (Lipinski definition) is 1. The van der Waals surface area contributed by atoms with Crippen LogP contribution in [0.2, 0.25) is 0 Å². The Hall–Kier alpha value is -1.22. The Morgan fingerprint density at radius 2 is 2.21 bits per heavy atom. The number of Topliss-reactive ketones (excluding diaryl/α,β-unsaturated/α-hetero) is 1. The molecule has 1 aliphatic rings. The van der Waals surface area contributed by atoms with Crippen LogP contribution in [0.3, 0.4) is 0 Å². The minimum atomic E-state index is -0.256. The van der Waals surface area contributed by atoms with E-state index in [1.165, 1.54) is 6.07 Å². The van der Waals surface area contributed by atoms with E-state index in [1.54, 1.807) is 19.1 Å². The molecule has 0 bridgehead atoms. The van der Waals surface area contributed by atoms with Gasteiger partial charge in [0, 0.05) is 24.6 Å². The van der Waals surface area contributed by atoms with E-state index in [1.807, 2.05) is 0 Å². The Bertz CT molecular complexity index is 372. The zero-order chi connectivity index (χ0) is 10.1. The summed E-state index contributed by atoms with van der Waals surface area (Å²) < 4.78 is 12.9. The molecular weight excluding hydrogens is 181 g/mol. The topological polar surface area (TPSA) is 29.1 Å². The van der Waals surface area contributed by atoms with Crippen LogP contribution in [0.4, 0.5) is 4.39 Å². The van der Waals surface area contributed by atoms with Gasteiger partial charge in [-0.2, -0.15) is 0 Å². The standard InChI is InChI=1S/C11H12FNO/c1-7-4-8(2-3-10(7)12)11(14)9-5-13-6-9/h2-4,9,13H,5-6H2,1H3. The molecule has 3 heteroatoms. The Kier molecular flexibility index (Phi) is 2.33. The quantitative estimate of drug-likeness (QED) is 0.722. The highest BCUT2D eigenvalue weighted by Gasteiger charge is 2.25. The summed E-state index contributed by atoms with van der Waals surface area (Å²) in [6.45, 7) is 3.16. The second-order valence-electron chi connectivity index (χ2n) is 3.68. The van der Waals surface area contributed by atoms with Crippen molar-refractivity contribution in [3.63, 3.8) is 0 Å². The minimum Gasteiger partial charge on any atom is -0.315 e. The average Bonchev–Trinajstić information content (AvgIpc) is 2.06. The molecule has 1 fully saturated rings. The lowest BCUT2D eigenvalue weighted by atomic mass is 9.92. The molecule has 1 N–H and O–H groups in total. The van der Waals surface area contributed by atoms with Gasteiger partial charge in [-0.3, -0.25) is 4.79 Å². The Labute approximate surface area is 82.1 Å². The van der Waals surface area contributed by atoms with Gasteiger partial charge in [0.1, 0.15) is 5.82 Å². The third-order valence-corrected chi connectivity index (χ3v) is 2.59. The highest BCUT2D eigenvalue weighted by Crippen LogP contribution is 2.15. The van der Waals surface area contributed by atoms with Crippen LogP contribution in [0.15, 0.2) is 18.2 Å². The Balaban J connectivity index is 2.23. The molecule has 0 unspecified atom stereocenters. The SMILES string of the molecule is Cc1cc(C(=O)C2CNC2)ccc1F. The predicted molar refractivity (Wildman–Crippen MR) is 51.8 cm³/mol. The summed E-state index contributed by atoms with van der Waals surface area (Å²) >= 11 is 0. The second kappa shape index (κ2) is 3.50. The van der Waals surface area contributed by atoms with Crippen LogP contribution in [-0.4, -0.2) is 18.9 Å². The summed E-state index contributed by atoms with van der Waals surface area (Å²) in [5.41, 5.74) is 1.15. The van der Waals surface area contributed by atoms with Crippen molar-refractivity contribution in [1.29, 1.82) is 0 Å². The number of benzene rings is 1. The third-order valence-electron chi connectivity index (χ3n) is 2.59. The van der Waals surface area contributed by atoms with Gasteiger partial charge in [-0.25, -0.2) is 4.39 Å². The van der Waals surface area contributed by atoms with Gasteiger partial charge in [0.2, 0.25) is 0 Å². The Morgan fingerprint density at radius 1 is 1.50 bits per heavy atom. The maximum absolute atomic E-state index is 12.9. The van der Waals surface area contributed by atoms with E-state index in [0.717, 1.165) is 13.1 Å². The molecule has 0 aromatic heterocycles. The van der Waals surface area contributed by atoms with Crippen LogP contribution in [0.5, 0.6) is 0 Å². The number of hydrogen-bond acceptors (Lipinski definition) is 2. The predicted octanol–water partition coefficient (Wildman–Crippen LogP) is 1.54. The van der Waals surface area contributed by atoms with Gasteiger partial charge in [0.15, 0.2) is 5.78 Å². The minimum absolute atomic E-state index is 0.0832. The van der Waals surface area contributed by atoms with Gasteiger partial charge in [0.25, 0.3) is 0 Å². The fourth-order valence-electron chi connectivity index (χ4n) is 1.51. The van der Waals surface area contributed by atoms with Crippen LogP contribution in [-0.2, 0) is 0 Å². The van der Waals surface area contributed by atoms with E-state index in [2.05, 4.69) is 5.32 Å². The van der Waals surface area contributed by atoms with E-state index in [4.69, 9.17) is 0 Å². The number of aryl methyl sites for hydroxylation is 1. The highest BCUT2D eigenvalue weighted by molar-refractivity contribution is 5.98. The van der Waals surface area contributed by atoms with E-state index in [9.17, 15) is 9.18 Å². The zero-order valence-electron chi connectivity index (χ0n) is 8.01. The first-order valence-corrected chi connectivity index (χ1v) is 4.69. The fraction of sp³-hybridized carbons (Fsp3) is 0.364. The second-order valence-corrected chi connectivity index (χ2v) is 3.68. The first kappa shape index (κ1) is 9.34. The van der Waals surface area contributed by atoms with Crippen molar-refractivity contribution < 1.29 is 9.18 Å². The normalized spacial score (nSPS) is 16.4. The molecule has 0 amide bonds. The molecule has 0 saturated carbocycles. The molecule has 0 aliphatic carbocycles. The summed E-state index contributed by atoms with van der Waals surface area (Å²) in [6, 6.07) is 4.54. The zero-order valence-corrected chi connectivity index (χ0v) is 8.01. The van der Waals surface area contributed by atoms with Gasteiger partial charge >= 0.3 is 0 Å². The summed E-state index contributed by atoms with van der Waals surface area (Å²) in [5, 5.41) is 3.04. The van der Waals surface area contributed by atoms with Crippen LogP contribution < -0.4 is 5.32 Å². The first-order chi connectivity index (χ1) is 6.68. The maximum Gasteiger partial charge on any atom is 0.168 e. The summed E-state index contributed by atoms with van der Waals surface area (Å²) in [5.74, 6) is -0.0556. The highest BCUT2D eigenvalue weighted by atomic mass is 19.1. The number of carbonyl (C=O) groups is 1. The lowest BCUT2D eigenvalue weighted by molar-refractivity contribution is 0.0878. The lowest BCUT2D eigenvalue weighted by Gasteiger charge is -2.25. The van der Waals surface area contributed by atoms with Crippen molar-refractivity contribution in [1.82, 2.24) is 5.32 Å². The molecule has 0 spiro atoms. The molecule has 1 aromatic carbocycles. The first-order valence-electron chi connectivity index (χ1n) is 4.69. The number of rotatable bonds is 2. The van der Waals surface area contributed by atoms with Gasteiger partial charge < -0.3 is 5.32 Å². The van der Waals surface area contributed by atoms with Crippen LogP contribution in [0, 0.1) is 18.7 Å². The molecule has 14 heavy (non-hydrogen) atoms. The Morgan fingerprint density at radius 3 is 2.71 bits per heavy atom. The monoisotopic (exact) mass is 193 g/mol. The molecule has 2 nitrogen and oxygen atoms in total. The van der Waals surface area contributed by atoms with Crippen molar-refractivity contribution >= 4 is 5.78 Å². The van der Waals surface area contributed by atoms with Crippen molar-refractivity contribution in [2.45, 2.75) is 6.92 Å². The summed E-state index contributed by atoms with van der Waals surface area (Å²) in [6.07, 6.45) is 0. The summed E-state index contributed by atoms with van der Waals surface area (Å²) in [4.78, 5) is 11.7. The third kappa shape index (κ3) is 1.55. The van der Waals surface area contributed by atoms with Crippen molar-refractivity contribution in [3.05, 3.63) is 35.1 Å². The summed E-state index contributed by atoms with van der Waals surface area (Å²) in [7, 11) is 0. The number of ketones is 1. The van der Waals surface area contributed by atoms with E-state index in [-0.39, 0.29) is 17.5 Å². The van der Waals surface area contributed by atoms with Gasteiger partial charge in [-0.05, 0) is 30.7 Å². The molecule has 74 valence electrons. The van der Waals surface area contributed by atoms with Gasteiger partial charge in [-0.1, -0.05) is 0 Å². The number of carbonyl (C=O) groups excluding carboxylic acids is 1. The van der Waals surface area contributed by atoms with Gasteiger partial charge in [0.05, 0.1) is 0 Å². The average molecular weight is 193 g/mol. The van der Waals surface area contributed by atoms with Crippen molar-refractivity contribution in [2.75, 3.05) is 13.1 Å². The molecule has 1 aromatic rings. The van der Waals surface area contributed by atoms with E-state index < -0.39 is 0 Å². The van der Waals surface area contributed by atoms with Crippen molar-refractivity contribution in [3.8, 4) is 0 Å². The molecular formula is C11H12FNO. The lowest BCUT2D eigenvalue weighted by Crippen LogP contribution is -2.46. The smallest absolute Gasteiger partial charge is 0.168 e. The molecule has 0 atom stereocenters. The van der Waals surface area contributed by atoms with Crippen LogP contribution in [0.25, 0.3) is 0 Å². The number of nitrogens with one attached hydrogen (secondary N) is 1. The molecule has 0 radical (unpaired) electrons.